The number of ether oxygens (including phenoxy) is 2. The SMILES string of the molecule is C=CC(=O)Nc1cc(N2CCN(CC)CC2)ccc1Nc1ccc2cc(C(=O)c3c(Cl)c(OC)cc(OC)c3Cl)sc2n1. The molecule has 2 N–H and O–H groups in total. The number of carbonyl (C=O) groups excluding carboxylic acids is 2. The van der Waals surface area contributed by atoms with Gasteiger partial charge >= 0.3 is 0 Å². The Morgan fingerprint density at radius 2 is 1.70 bits per heavy atom. The number of pyridine rings is 1. The van der Waals surface area contributed by atoms with Crippen molar-refractivity contribution in [3.05, 3.63) is 75.6 Å². The van der Waals surface area contributed by atoms with Crippen LogP contribution >= 0.6 is 34.5 Å². The number of piperazine rings is 1. The lowest BCUT2D eigenvalue weighted by Gasteiger charge is -2.35. The molecule has 1 amide bonds. The van der Waals surface area contributed by atoms with E-state index in [9.17, 15) is 9.59 Å². The lowest BCUT2D eigenvalue weighted by molar-refractivity contribution is -0.111. The van der Waals surface area contributed by atoms with Gasteiger partial charge in [-0.2, -0.15) is 0 Å². The smallest absolute Gasteiger partial charge is 0.247 e. The average molecular weight is 641 g/mol. The summed E-state index contributed by atoms with van der Waals surface area (Å²) in [6, 6.07) is 12.9. The third kappa shape index (κ3) is 6.42. The second kappa shape index (κ2) is 13.2. The minimum Gasteiger partial charge on any atom is -0.495 e. The number of hydrogen-bond donors (Lipinski definition) is 2. The molecule has 0 bridgehead atoms. The van der Waals surface area contributed by atoms with Crippen molar-refractivity contribution in [1.29, 1.82) is 0 Å². The number of anilines is 4. The summed E-state index contributed by atoms with van der Waals surface area (Å²) in [7, 11) is 2.91. The molecule has 3 heterocycles. The van der Waals surface area contributed by atoms with Crippen molar-refractivity contribution in [2.24, 2.45) is 0 Å². The summed E-state index contributed by atoms with van der Waals surface area (Å²) in [6.07, 6.45) is 1.24. The van der Waals surface area contributed by atoms with Gasteiger partial charge in [-0.25, -0.2) is 4.98 Å². The maximum atomic E-state index is 13.6. The van der Waals surface area contributed by atoms with Gasteiger partial charge in [0.25, 0.3) is 0 Å². The van der Waals surface area contributed by atoms with E-state index in [4.69, 9.17) is 37.7 Å². The summed E-state index contributed by atoms with van der Waals surface area (Å²) in [5.41, 5.74) is 2.41. The van der Waals surface area contributed by atoms with Crippen LogP contribution in [0.15, 0.2) is 55.1 Å². The number of benzene rings is 2. The Bertz CT molecular complexity index is 1670. The Balaban J connectivity index is 1.43. The van der Waals surface area contributed by atoms with Crippen LogP contribution in [0.3, 0.4) is 0 Å². The minimum absolute atomic E-state index is 0.100. The predicted octanol–water partition coefficient (Wildman–Crippen LogP) is 6.86. The van der Waals surface area contributed by atoms with Crippen LogP contribution in [0.2, 0.25) is 10.0 Å². The summed E-state index contributed by atoms with van der Waals surface area (Å²) in [6.45, 7) is 10.6. The van der Waals surface area contributed by atoms with Crippen molar-refractivity contribution in [3.8, 4) is 11.5 Å². The highest BCUT2D eigenvalue weighted by atomic mass is 35.5. The number of amides is 1. The van der Waals surface area contributed by atoms with Crippen LogP contribution < -0.4 is 25.0 Å². The quantitative estimate of drug-likeness (QED) is 0.143. The van der Waals surface area contributed by atoms with Gasteiger partial charge in [0.2, 0.25) is 11.7 Å². The van der Waals surface area contributed by atoms with Crippen LogP contribution in [0.25, 0.3) is 10.2 Å². The van der Waals surface area contributed by atoms with Crippen LogP contribution in [0.5, 0.6) is 11.5 Å². The topological polar surface area (TPSA) is 96.0 Å². The number of rotatable bonds is 10. The molecule has 2 aromatic carbocycles. The first-order chi connectivity index (χ1) is 20.8. The van der Waals surface area contributed by atoms with Gasteiger partial charge in [-0.3, -0.25) is 9.59 Å². The summed E-state index contributed by atoms with van der Waals surface area (Å²) >= 11 is 14.2. The summed E-state index contributed by atoms with van der Waals surface area (Å²) in [4.78, 5) is 36.4. The molecule has 0 saturated carbocycles. The molecule has 0 atom stereocenters. The number of nitrogens with zero attached hydrogens (tertiary/aromatic N) is 3. The fourth-order valence-electron chi connectivity index (χ4n) is 4.89. The molecule has 0 spiro atoms. The van der Waals surface area contributed by atoms with Crippen LogP contribution in [0.4, 0.5) is 22.9 Å². The van der Waals surface area contributed by atoms with E-state index >= 15 is 0 Å². The third-order valence-electron chi connectivity index (χ3n) is 7.30. The van der Waals surface area contributed by atoms with E-state index in [0.717, 1.165) is 43.8 Å². The predicted molar refractivity (Wildman–Crippen MR) is 175 cm³/mol. The van der Waals surface area contributed by atoms with E-state index in [1.807, 2.05) is 30.3 Å². The highest BCUT2D eigenvalue weighted by Crippen LogP contribution is 2.42. The first-order valence-electron chi connectivity index (χ1n) is 13.6. The number of aromatic nitrogens is 1. The molecule has 1 aliphatic rings. The third-order valence-corrected chi connectivity index (χ3v) is 9.10. The van der Waals surface area contributed by atoms with E-state index in [0.29, 0.717) is 26.9 Å². The zero-order chi connectivity index (χ0) is 30.7. The lowest BCUT2D eigenvalue weighted by Crippen LogP contribution is -2.46. The molecule has 1 saturated heterocycles. The van der Waals surface area contributed by atoms with Crippen LogP contribution in [-0.4, -0.2) is 68.5 Å². The highest BCUT2D eigenvalue weighted by molar-refractivity contribution is 7.20. The standard InChI is InChI=1S/C31H31Cl2N5O4S/c1-5-26(39)35-21-16-19(38-13-11-37(6-2)12-14-38)8-9-20(21)34-25-10-7-18-15-24(43-31(18)36-25)30(40)27-28(32)22(41-3)17-23(42-4)29(27)33/h5,7-10,15-17H,1,6,11-14H2,2-4H3,(H,34,36)(H,35,39). The lowest BCUT2D eigenvalue weighted by atomic mass is 10.1. The molecule has 0 aliphatic carbocycles. The van der Waals surface area contributed by atoms with E-state index in [1.165, 1.54) is 37.7 Å². The van der Waals surface area contributed by atoms with Crippen molar-refractivity contribution >= 4 is 79.3 Å². The van der Waals surface area contributed by atoms with Crippen LogP contribution in [0.1, 0.15) is 22.2 Å². The number of carbonyl (C=O) groups is 2. The second-order valence-corrected chi connectivity index (χ2v) is 11.6. The number of methoxy groups -OCH3 is 2. The van der Waals surface area contributed by atoms with E-state index in [2.05, 4.69) is 33.9 Å². The first kappa shape index (κ1) is 30.6. The maximum Gasteiger partial charge on any atom is 0.247 e. The van der Waals surface area contributed by atoms with Crippen molar-refractivity contribution < 1.29 is 19.1 Å². The van der Waals surface area contributed by atoms with Crippen molar-refractivity contribution in [1.82, 2.24) is 9.88 Å². The average Bonchev–Trinajstić information content (AvgIpc) is 3.45. The molecule has 0 unspecified atom stereocenters. The summed E-state index contributed by atoms with van der Waals surface area (Å²) in [5, 5.41) is 7.23. The summed E-state index contributed by atoms with van der Waals surface area (Å²) in [5.74, 6) is 0.434. The van der Waals surface area contributed by atoms with Gasteiger partial charge in [0.05, 0.1) is 46.1 Å². The maximum absolute atomic E-state index is 13.6. The number of thiophene rings is 1. The Morgan fingerprint density at radius 1 is 1.00 bits per heavy atom. The monoisotopic (exact) mass is 639 g/mol. The number of ketones is 1. The molecular weight excluding hydrogens is 609 g/mol. The van der Waals surface area contributed by atoms with Gasteiger partial charge in [-0.05, 0) is 49.0 Å². The Morgan fingerprint density at radius 3 is 2.33 bits per heavy atom. The molecule has 5 rings (SSSR count). The van der Waals surface area contributed by atoms with E-state index < -0.39 is 0 Å². The fourth-order valence-corrected chi connectivity index (χ4v) is 6.54. The number of likely N-dealkylation sites (N-methyl/N-ethyl adjacent to an activating group) is 1. The molecule has 4 aromatic rings. The van der Waals surface area contributed by atoms with E-state index in [1.54, 1.807) is 6.07 Å². The largest absolute Gasteiger partial charge is 0.495 e. The molecule has 12 heteroatoms. The van der Waals surface area contributed by atoms with Crippen LogP contribution in [0, 0.1) is 0 Å². The van der Waals surface area contributed by atoms with Gasteiger partial charge in [0.15, 0.2) is 0 Å². The Hall–Kier alpha value is -3.83. The van der Waals surface area contributed by atoms with Gasteiger partial charge in [0.1, 0.15) is 22.1 Å². The molecular formula is C31H31Cl2N5O4S. The van der Waals surface area contributed by atoms with Crippen molar-refractivity contribution in [2.45, 2.75) is 6.92 Å². The van der Waals surface area contributed by atoms with Gasteiger partial charge in [-0.15, -0.1) is 11.3 Å². The first-order valence-corrected chi connectivity index (χ1v) is 15.2. The van der Waals surface area contributed by atoms with Gasteiger partial charge in [-0.1, -0.05) is 36.7 Å². The zero-order valence-corrected chi connectivity index (χ0v) is 26.3. The molecule has 9 nitrogen and oxygen atoms in total. The molecule has 1 aliphatic heterocycles. The number of halogens is 2. The van der Waals surface area contributed by atoms with Crippen molar-refractivity contribution in [3.63, 3.8) is 0 Å². The Labute approximate surface area is 264 Å². The van der Waals surface area contributed by atoms with E-state index in [-0.39, 0.29) is 38.8 Å². The molecule has 2 aromatic heterocycles. The molecule has 0 radical (unpaired) electrons. The van der Waals surface area contributed by atoms with Gasteiger partial charge in [0, 0.05) is 43.3 Å². The molecule has 43 heavy (non-hydrogen) atoms. The Kier molecular flexibility index (Phi) is 9.41. The number of fused-ring (bicyclic) bond motifs is 1. The van der Waals surface area contributed by atoms with Crippen LogP contribution in [-0.2, 0) is 4.79 Å². The normalized spacial score (nSPS) is 13.6. The number of hydrogen-bond acceptors (Lipinski definition) is 9. The fraction of sp³-hybridized carbons (Fsp3) is 0.258. The highest BCUT2D eigenvalue weighted by Gasteiger charge is 2.25. The summed E-state index contributed by atoms with van der Waals surface area (Å²) < 4.78 is 10.6. The van der Waals surface area contributed by atoms with Gasteiger partial charge < -0.3 is 29.9 Å². The van der Waals surface area contributed by atoms with Crippen molar-refractivity contribution in [2.75, 3.05) is 62.5 Å². The zero-order valence-electron chi connectivity index (χ0n) is 24.0. The molecule has 224 valence electrons. The minimum atomic E-state index is -0.366. The second-order valence-electron chi connectivity index (χ2n) is 9.78. The molecule has 1 fully saturated rings. The number of nitrogens with one attached hydrogen (secondary N) is 2.